The molecule has 1 heterocycles. The van der Waals surface area contributed by atoms with Crippen molar-refractivity contribution in [2.75, 3.05) is 0 Å². The van der Waals surface area contributed by atoms with Crippen LogP contribution in [-0.2, 0) is 19.4 Å². The van der Waals surface area contributed by atoms with E-state index in [2.05, 4.69) is 5.10 Å². The van der Waals surface area contributed by atoms with Crippen molar-refractivity contribution in [1.82, 2.24) is 9.78 Å². The van der Waals surface area contributed by atoms with E-state index < -0.39 is 0 Å². The second-order valence-corrected chi connectivity index (χ2v) is 5.48. The van der Waals surface area contributed by atoms with Crippen molar-refractivity contribution >= 4 is 23.4 Å². The lowest BCUT2D eigenvalue weighted by Gasteiger charge is -2.03. The molecule has 0 radical (unpaired) electrons. The SMILES string of the molecule is Cc1nn(C)c(Cl)c1CSc1ccc(CO)cc1. The number of thioether (sulfide) groups is 1. The number of aromatic nitrogens is 2. The standard InChI is InChI=1S/C13H15ClN2OS/c1-9-12(13(14)16(2)15-9)8-18-11-5-3-10(7-17)4-6-11/h3-6,17H,7-8H2,1-2H3. The summed E-state index contributed by atoms with van der Waals surface area (Å²) < 4.78 is 1.70. The molecule has 1 aromatic carbocycles. The predicted octanol–water partition coefficient (Wildman–Crippen LogP) is 3.17. The van der Waals surface area contributed by atoms with Gasteiger partial charge in [0.2, 0.25) is 0 Å². The average molecular weight is 283 g/mol. The van der Waals surface area contributed by atoms with E-state index in [4.69, 9.17) is 16.7 Å². The fourth-order valence-electron chi connectivity index (χ4n) is 1.68. The predicted molar refractivity (Wildman–Crippen MR) is 74.9 cm³/mol. The Morgan fingerprint density at radius 1 is 1.33 bits per heavy atom. The lowest BCUT2D eigenvalue weighted by Crippen LogP contribution is -1.89. The van der Waals surface area contributed by atoms with Gasteiger partial charge in [-0.05, 0) is 24.6 Å². The summed E-state index contributed by atoms with van der Waals surface area (Å²) in [5, 5.41) is 14.0. The molecular weight excluding hydrogens is 268 g/mol. The molecular formula is C13H15ClN2OS. The first kappa shape index (κ1) is 13.5. The zero-order chi connectivity index (χ0) is 13.1. The van der Waals surface area contributed by atoms with E-state index >= 15 is 0 Å². The fraction of sp³-hybridized carbons (Fsp3) is 0.308. The Morgan fingerprint density at radius 2 is 2.00 bits per heavy atom. The zero-order valence-corrected chi connectivity index (χ0v) is 11.9. The number of aryl methyl sites for hydroxylation is 2. The molecule has 0 aliphatic rings. The van der Waals surface area contributed by atoms with Crippen LogP contribution in [0.5, 0.6) is 0 Å². The van der Waals surface area contributed by atoms with Crippen molar-refractivity contribution in [3.63, 3.8) is 0 Å². The summed E-state index contributed by atoms with van der Waals surface area (Å²) in [7, 11) is 1.85. The van der Waals surface area contributed by atoms with Crippen molar-refractivity contribution in [3.8, 4) is 0 Å². The number of halogens is 1. The quantitative estimate of drug-likeness (QED) is 0.876. The van der Waals surface area contributed by atoms with Gasteiger partial charge in [-0.15, -0.1) is 11.8 Å². The van der Waals surface area contributed by atoms with Crippen LogP contribution in [0.3, 0.4) is 0 Å². The van der Waals surface area contributed by atoms with Crippen LogP contribution in [0.15, 0.2) is 29.2 Å². The van der Waals surface area contributed by atoms with Gasteiger partial charge in [0.25, 0.3) is 0 Å². The van der Waals surface area contributed by atoms with Crippen molar-refractivity contribution in [2.45, 2.75) is 24.2 Å². The van der Waals surface area contributed by atoms with E-state index in [1.807, 2.05) is 38.2 Å². The van der Waals surface area contributed by atoms with E-state index in [9.17, 15) is 0 Å². The highest BCUT2D eigenvalue weighted by molar-refractivity contribution is 7.98. The van der Waals surface area contributed by atoms with Crippen molar-refractivity contribution < 1.29 is 5.11 Å². The van der Waals surface area contributed by atoms with Crippen LogP contribution in [-0.4, -0.2) is 14.9 Å². The number of benzene rings is 1. The number of hydrogen-bond acceptors (Lipinski definition) is 3. The third-order valence-electron chi connectivity index (χ3n) is 2.76. The van der Waals surface area contributed by atoms with Crippen LogP contribution in [0, 0.1) is 6.92 Å². The molecule has 1 aromatic heterocycles. The van der Waals surface area contributed by atoms with Crippen LogP contribution in [0.25, 0.3) is 0 Å². The van der Waals surface area contributed by atoms with Gasteiger partial charge in [-0.2, -0.15) is 5.10 Å². The number of hydrogen-bond donors (Lipinski definition) is 1. The molecule has 3 nitrogen and oxygen atoms in total. The van der Waals surface area contributed by atoms with Crippen molar-refractivity contribution in [2.24, 2.45) is 7.05 Å². The molecule has 96 valence electrons. The highest BCUT2D eigenvalue weighted by Gasteiger charge is 2.11. The molecule has 0 fully saturated rings. The van der Waals surface area contributed by atoms with Crippen LogP contribution in [0.4, 0.5) is 0 Å². The first-order valence-electron chi connectivity index (χ1n) is 5.62. The minimum Gasteiger partial charge on any atom is -0.392 e. The third-order valence-corrected chi connectivity index (χ3v) is 4.27. The molecule has 0 saturated carbocycles. The van der Waals surface area contributed by atoms with Crippen LogP contribution >= 0.6 is 23.4 Å². The molecule has 0 aliphatic heterocycles. The molecule has 0 amide bonds. The Balaban J connectivity index is 2.06. The Morgan fingerprint density at radius 3 is 2.50 bits per heavy atom. The maximum atomic E-state index is 8.98. The lowest BCUT2D eigenvalue weighted by molar-refractivity contribution is 0.282. The molecule has 5 heteroatoms. The molecule has 1 N–H and O–H groups in total. The van der Waals surface area contributed by atoms with Gasteiger partial charge in [-0.3, -0.25) is 4.68 Å². The average Bonchev–Trinajstić information content (AvgIpc) is 2.62. The van der Waals surface area contributed by atoms with E-state index in [1.165, 1.54) is 0 Å². The first-order valence-corrected chi connectivity index (χ1v) is 6.98. The highest BCUT2D eigenvalue weighted by atomic mass is 35.5. The van der Waals surface area contributed by atoms with Gasteiger partial charge in [0, 0.05) is 23.3 Å². The van der Waals surface area contributed by atoms with Gasteiger partial charge in [0.05, 0.1) is 12.3 Å². The summed E-state index contributed by atoms with van der Waals surface area (Å²) in [6.07, 6.45) is 0. The topological polar surface area (TPSA) is 38.0 Å². The lowest BCUT2D eigenvalue weighted by atomic mass is 10.2. The molecule has 2 aromatic rings. The maximum absolute atomic E-state index is 8.98. The molecule has 18 heavy (non-hydrogen) atoms. The number of nitrogens with zero attached hydrogens (tertiary/aromatic N) is 2. The summed E-state index contributed by atoms with van der Waals surface area (Å²) in [6.45, 7) is 2.05. The molecule has 0 aliphatic carbocycles. The molecule has 0 unspecified atom stereocenters. The van der Waals surface area contributed by atoms with Crippen molar-refractivity contribution in [1.29, 1.82) is 0 Å². The van der Waals surface area contributed by atoms with Crippen LogP contribution in [0.1, 0.15) is 16.8 Å². The van der Waals surface area contributed by atoms with Gasteiger partial charge in [-0.25, -0.2) is 0 Å². The fourth-order valence-corrected chi connectivity index (χ4v) is 2.99. The summed E-state index contributed by atoms with van der Waals surface area (Å²) in [5.41, 5.74) is 2.98. The number of rotatable bonds is 4. The molecule has 0 bridgehead atoms. The molecule has 2 rings (SSSR count). The van der Waals surface area contributed by atoms with Gasteiger partial charge < -0.3 is 5.11 Å². The normalized spacial score (nSPS) is 10.9. The minimum atomic E-state index is 0.0818. The third kappa shape index (κ3) is 2.88. The second-order valence-electron chi connectivity index (χ2n) is 4.07. The van der Waals surface area contributed by atoms with Gasteiger partial charge in [0.1, 0.15) is 5.15 Å². The number of aliphatic hydroxyl groups is 1. The summed E-state index contributed by atoms with van der Waals surface area (Å²) in [6, 6.07) is 7.88. The van der Waals surface area contributed by atoms with E-state index in [0.717, 1.165) is 27.5 Å². The van der Waals surface area contributed by atoms with Crippen LogP contribution in [0.2, 0.25) is 5.15 Å². The summed E-state index contributed by atoms with van der Waals surface area (Å²) >= 11 is 7.90. The van der Waals surface area contributed by atoms with Crippen molar-refractivity contribution in [3.05, 3.63) is 46.2 Å². The van der Waals surface area contributed by atoms with E-state index in [1.54, 1.807) is 16.4 Å². The van der Waals surface area contributed by atoms with Gasteiger partial charge in [0.15, 0.2) is 0 Å². The molecule has 0 spiro atoms. The van der Waals surface area contributed by atoms with Gasteiger partial charge >= 0.3 is 0 Å². The van der Waals surface area contributed by atoms with Gasteiger partial charge in [-0.1, -0.05) is 23.7 Å². The second kappa shape index (κ2) is 5.78. The summed E-state index contributed by atoms with van der Waals surface area (Å²) in [4.78, 5) is 1.16. The Labute approximate surface area is 116 Å². The monoisotopic (exact) mass is 282 g/mol. The molecule has 0 saturated heterocycles. The largest absolute Gasteiger partial charge is 0.392 e. The Bertz CT molecular complexity index is 537. The maximum Gasteiger partial charge on any atom is 0.131 e. The minimum absolute atomic E-state index is 0.0818. The Hall–Kier alpha value is -0.970. The number of aliphatic hydroxyl groups excluding tert-OH is 1. The van der Waals surface area contributed by atoms with E-state index in [-0.39, 0.29) is 6.61 Å². The molecule has 0 atom stereocenters. The highest BCUT2D eigenvalue weighted by Crippen LogP contribution is 2.28. The van der Waals surface area contributed by atoms with Crippen LogP contribution < -0.4 is 0 Å². The summed E-state index contributed by atoms with van der Waals surface area (Å²) in [5.74, 6) is 0.803. The zero-order valence-electron chi connectivity index (χ0n) is 10.4. The first-order chi connectivity index (χ1) is 8.61. The van der Waals surface area contributed by atoms with E-state index in [0.29, 0.717) is 5.15 Å². The Kier molecular flexibility index (Phi) is 4.32. The smallest absolute Gasteiger partial charge is 0.131 e.